The fourth-order valence-corrected chi connectivity index (χ4v) is 8.95. The Morgan fingerprint density at radius 2 is 1.66 bits per heavy atom. The molecule has 4 heterocycles. The first-order valence-electron chi connectivity index (χ1n) is 18.0. The van der Waals surface area contributed by atoms with E-state index in [4.69, 9.17) is 9.40 Å². The fraction of sp³-hybridized carbons (Fsp3) is 0.386. The van der Waals surface area contributed by atoms with Gasteiger partial charge in [0.15, 0.2) is 0 Å². The number of pyridine rings is 3. The quantitative estimate of drug-likeness (QED) is 0.124. The third kappa shape index (κ3) is 9.07. The molecular weight excluding hydrogens is 807 g/mol. The molecule has 0 spiro atoms. The van der Waals surface area contributed by atoms with Crippen LogP contribution >= 0.6 is 0 Å². The van der Waals surface area contributed by atoms with Crippen molar-refractivity contribution in [3.63, 3.8) is 0 Å². The molecule has 1 aliphatic carbocycles. The Bertz CT molecular complexity index is 2050. The van der Waals surface area contributed by atoms with Crippen molar-refractivity contribution in [2.45, 2.75) is 99.2 Å². The zero-order valence-electron chi connectivity index (χ0n) is 31.0. The minimum absolute atomic E-state index is 0. The van der Waals surface area contributed by atoms with Gasteiger partial charge in [0.2, 0.25) is 0 Å². The minimum Gasteiger partial charge on any atom is -0.500 e. The molecule has 4 aromatic heterocycles. The van der Waals surface area contributed by atoms with E-state index in [1.807, 2.05) is 50.4 Å². The monoisotopic (exact) mass is 858 g/mol. The molecule has 1 fully saturated rings. The summed E-state index contributed by atoms with van der Waals surface area (Å²) in [4.78, 5) is 14.0. The van der Waals surface area contributed by atoms with E-state index in [2.05, 4.69) is 99.0 Å². The molecule has 50 heavy (non-hydrogen) atoms. The Morgan fingerprint density at radius 1 is 0.880 bits per heavy atom. The van der Waals surface area contributed by atoms with Gasteiger partial charge in [0, 0.05) is 55.3 Å². The average Bonchev–Trinajstić information content (AvgIpc) is 3.43. The van der Waals surface area contributed by atoms with E-state index < -0.39 is 8.07 Å². The zero-order chi connectivity index (χ0) is 34.8. The van der Waals surface area contributed by atoms with Crippen LogP contribution in [0.4, 0.5) is 0 Å². The Morgan fingerprint density at radius 3 is 2.36 bits per heavy atom. The maximum absolute atomic E-state index is 6.23. The van der Waals surface area contributed by atoms with Crippen LogP contribution in [0.25, 0.3) is 44.5 Å². The van der Waals surface area contributed by atoms with Gasteiger partial charge in [-0.2, -0.15) is 0 Å². The first kappa shape index (κ1) is 37.8. The van der Waals surface area contributed by atoms with E-state index in [9.17, 15) is 0 Å². The number of rotatable bonds is 6. The van der Waals surface area contributed by atoms with Gasteiger partial charge < -0.3 is 14.4 Å². The van der Waals surface area contributed by atoms with Crippen molar-refractivity contribution < 1.29 is 24.5 Å². The molecular formula is C44H51IrN3OSi-2. The SMILES string of the molecule is C[Si](C)(C)c1cnc(-c2[c-]cccc2)cc1CC1CCCCC1.Cc1cc2oc3c(-c4cc(CC(C)(C)C)ccn4)[c-]ccc3c2c(C)n1.[Ir]. The van der Waals surface area contributed by atoms with Crippen LogP contribution in [-0.4, -0.2) is 23.0 Å². The van der Waals surface area contributed by atoms with Gasteiger partial charge in [-0.15, -0.1) is 54.1 Å². The van der Waals surface area contributed by atoms with Crippen molar-refractivity contribution in [1.82, 2.24) is 15.0 Å². The number of hydrogen-bond acceptors (Lipinski definition) is 4. The van der Waals surface area contributed by atoms with Crippen LogP contribution in [-0.2, 0) is 32.9 Å². The molecule has 6 aromatic rings. The number of aryl methyl sites for hydroxylation is 2. The molecule has 0 atom stereocenters. The predicted molar refractivity (Wildman–Crippen MR) is 208 cm³/mol. The molecule has 0 unspecified atom stereocenters. The third-order valence-electron chi connectivity index (χ3n) is 9.55. The second-order valence-electron chi connectivity index (χ2n) is 16.2. The number of benzene rings is 2. The second-order valence-corrected chi connectivity index (χ2v) is 21.2. The molecule has 263 valence electrons. The van der Waals surface area contributed by atoms with E-state index in [1.165, 1.54) is 44.1 Å². The second kappa shape index (κ2) is 15.8. The number of hydrogen-bond donors (Lipinski definition) is 0. The van der Waals surface area contributed by atoms with Gasteiger partial charge in [0.25, 0.3) is 0 Å². The van der Waals surface area contributed by atoms with Crippen molar-refractivity contribution >= 4 is 35.2 Å². The molecule has 7 rings (SSSR count). The van der Waals surface area contributed by atoms with Gasteiger partial charge in [-0.3, -0.25) is 4.98 Å². The maximum atomic E-state index is 6.23. The average molecular weight is 858 g/mol. The Hall–Kier alpha value is -3.44. The summed E-state index contributed by atoms with van der Waals surface area (Å²) in [6, 6.07) is 27.4. The molecule has 0 amide bonds. The van der Waals surface area contributed by atoms with Crippen LogP contribution in [0.1, 0.15) is 75.4 Å². The van der Waals surface area contributed by atoms with Gasteiger partial charge in [-0.05, 0) is 60.7 Å². The van der Waals surface area contributed by atoms with Crippen molar-refractivity contribution in [2.24, 2.45) is 11.3 Å². The van der Waals surface area contributed by atoms with Crippen molar-refractivity contribution in [3.8, 4) is 22.5 Å². The van der Waals surface area contributed by atoms with Crippen LogP contribution in [0.5, 0.6) is 0 Å². The summed E-state index contributed by atoms with van der Waals surface area (Å²) < 4.78 is 6.23. The normalized spacial score (nSPS) is 13.9. The van der Waals surface area contributed by atoms with Gasteiger partial charge in [0.1, 0.15) is 5.58 Å². The summed E-state index contributed by atoms with van der Waals surface area (Å²) in [6.07, 6.45) is 13.3. The minimum atomic E-state index is -1.36. The van der Waals surface area contributed by atoms with Crippen molar-refractivity contribution in [2.75, 3.05) is 0 Å². The third-order valence-corrected chi connectivity index (χ3v) is 11.6. The standard InChI is InChI=1S/C23H23N2O.C21H28NSi.Ir/c1-14-11-20-21(15(2)25-14)18-8-6-7-17(22(18)26-20)19-12-16(9-10-24-19)13-23(3,4)5;1-23(2,3)21-16-22-20(18-12-8-5-9-13-18)15-19(21)14-17-10-6-4-7-11-17;/h6,8-12H,13H2,1-5H3;5,8-9,12,15-17H,4,6-7,10-11,14H2,1-3H3;/q2*-1;. The van der Waals surface area contributed by atoms with Crippen LogP contribution in [0.15, 0.2) is 77.5 Å². The number of furan rings is 1. The Kier molecular flexibility index (Phi) is 12.0. The number of aromatic nitrogens is 3. The first-order chi connectivity index (χ1) is 23.4. The fourth-order valence-electron chi connectivity index (χ4n) is 7.37. The molecule has 6 heteroatoms. The van der Waals surface area contributed by atoms with Gasteiger partial charge in [0.05, 0.1) is 13.7 Å². The molecule has 4 nitrogen and oxygen atoms in total. The Balaban J connectivity index is 0.000000192. The smallest absolute Gasteiger partial charge is 0.124 e. The predicted octanol–water partition coefficient (Wildman–Crippen LogP) is 11.3. The van der Waals surface area contributed by atoms with E-state index in [-0.39, 0.29) is 25.5 Å². The zero-order valence-corrected chi connectivity index (χ0v) is 34.4. The molecule has 1 aliphatic rings. The number of fused-ring (bicyclic) bond motifs is 3. The van der Waals surface area contributed by atoms with Crippen molar-refractivity contribution in [3.05, 3.63) is 108 Å². The largest absolute Gasteiger partial charge is 0.500 e. The van der Waals surface area contributed by atoms with E-state index in [0.29, 0.717) is 0 Å². The molecule has 1 radical (unpaired) electrons. The molecule has 2 aromatic carbocycles. The summed E-state index contributed by atoms with van der Waals surface area (Å²) in [5.41, 5.74) is 10.7. The Labute approximate surface area is 313 Å². The molecule has 1 saturated carbocycles. The van der Waals surface area contributed by atoms with E-state index in [1.54, 1.807) is 10.8 Å². The summed E-state index contributed by atoms with van der Waals surface area (Å²) >= 11 is 0. The van der Waals surface area contributed by atoms with Crippen LogP contribution in [0.3, 0.4) is 0 Å². The molecule has 0 aliphatic heterocycles. The summed E-state index contributed by atoms with van der Waals surface area (Å²) in [5.74, 6) is 0.869. The van der Waals surface area contributed by atoms with Crippen molar-refractivity contribution in [1.29, 1.82) is 0 Å². The summed E-state index contributed by atoms with van der Waals surface area (Å²) in [5, 5.41) is 3.69. The molecule has 0 saturated heterocycles. The summed E-state index contributed by atoms with van der Waals surface area (Å²) in [6.45, 7) is 18.1. The van der Waals surface area contributed by atoms with Crippen LogP contribution < -0.4 is 5.19 Å². The van der Waals surface area contributed by atoms with E-state index in [0.717, 1.165) is 68.2 Å². The van der Waals surface area contributed by atoms with E-state index >= 15 is 0 Å². The van der Waals surface area contributed by atoms with Crippen LogP contribution in [0, 0.1) is 37.3 Å². The van der Waals surface area contributed by atoms with Gasteiger partial charge >= 0.3 is 0 Å². The number of nitrogens with zero attached hydrogens (tertiary/aromatic N) is 3. The molecule has 0 N–H and O–H groups in total. The first-order valence-corrected chi connectivity index (χ1v) is 21.5. The summed E-state index contributed by atoms with van der Waals surface area (Å²) in [7, 11) is -1.36. The topological polar surface area (TPSA) is 51.8 Å². The van der Waals surface area contributed by atoms with Crippen LogP contribution in [0.2, 0.25) is 19.6 Å². The maximum Gasteiger partial charge on any atom is 0.124 e. The van der Waals surface area contributed by atoms with Gasteiger partial charge in [-0.25, -0.2) is 0 Å². The van der Waals surface area contributed by atoms with Gasteiger partial charge in [-0.1, -0.05) is 107 Å². The molecule has 0 bridgehead atoms.